The molecule has 0 saturated carbocycles. The van der Waals surface area contributed by atoms with E-state index in [4.69, 9.17) is 11.6 Å². The standard InChI is InChI=1S/C24H23ClN4O4S/c1-17(30)28-12-14-29(15-13-28)20-3-5-21(6-4-20)34(32,33)27-23-7-2-19(25)16-22(23)24(31)18-8-10-26-11-9-18/h2-11,16,27H,12-15H2,1H3. The predicted octanol–water partition coefficient (Wildman–Crippen LogP) is 3.44. The number of carbonyl (C=O) groups is 2. The van der Waals surface area contributed by atoms with Gasteiger partial charge in [-0.3, -0.25) is 19.3 Å². The zero-order chi connectivity index (χ0) is 24.3. The first-order valence-electron chi connectivity index (χ1n) is 10.6. The van der Waals surface area contributed by atoms with Gasteiger partial charge in [0.25, 0.3) is 10.0 Å². The van der Waals surface area contributed by atoms with Crippen LogP contribution in [0.1, 0.15) is 22.8 Å². The van der Waals surface area contributed by atoms with Gasteiger partial charge in [-0.25, -0.2) is 8.42 Å². The van der Waals surface area contributed by atoms with Crippen LogP contribution in [0, 0.1) is 0 Å². The molecule has 1 saturated heterocycles. The predicted molar refractivity (Wildman–Crippen MR) is 131 cm³/mol. The first-order valence-corrected chi connectivity index (χ1v) is 12.5. The van der Waals surface area contributed by atoms with Gasteiger partial charge in [-0.1, -0.05) is 11.6 Å². The minimum Gasteiger partial charge on any atom is -0.368 e. The highest BCUT2D eigenvalue weighted by molar-refractivity contribution is 7.92. The Morgan fingerprint density at radius 2 is 1.59 bits per heavy atom. The molecule has 0 spiro atoms. The summed E-state index contributed by atoms with van der Waals surface area (Å²) in [5.41, 5.74) is 1.52. The summed E-state index contributed by atoms with van der Waals surface area (Å²) in [6.45, 7) is 4.16. The van der Waals surface area contributed by atoms with Crippen molar-refractivity contribution in [1.82, 2.24) is 9.88 Å². The summed E-state index contributed by atoms with van der Waals surface area (Å²) in [5.74, 6) is -0.321. The summed E-state index contributed by atoms with van der Waals surface area (Å²) in [6.07, 6.45) is 2.98. The maximum Gasteiger partial charge on any atom is 0.261 e. The van der Waals surface area contributed by atoms with Crippen molar-refractivity contribution in [3.63, 3.8) is 0 Å². The minimum atomic E-state index is -3.96. The largest absolute Gasteiger partial charge is 0.368 e. The lowest BCUT2D eigenvalue weighted by Gasteiger charge is -2.35. The van der Waals surface area contributed by atoms with Crippen LogP contribution < -0.4 is 9.62 Å². The monoisotopic (exact) mass is 498 g/mol. The molecule has 10 heteroatoms. The summed E-state index contributed by atoms with van der Waals surface area (Å²) < 4.78 is 28.7. The molecule has 1 aliphatic rings. The van der Waals surface area contributed by atoms with Crippen LogP contribution in [0.25, 0.3) is 0 Å². The van der Waals surface area contributed by atoms with Crippen LogP contribution in [-0.2, 0) is 14.8 Å². The first-order chi connectivity index (χ1) is 16.2. The highest BCUT2D eigenvalue weighted by Gasteiger charge is 2.22. The Morgan fingerprint density at radius 3 is 2.21 bits per heavy atom. The van der Waals surface area contributed by atoms with E-state index in [9.17, 15) is 18.0 Å². The smallest absolute Gasteiger partial charge is 0.261 e. The Labute approximate surface area is 203 Å². The average Bonchev–Trinajstić information content (AvgIpc) is 2.85. The summed E-state index contributed by atoms with van der Waals surface area (Å²) in [6, 6.07) is 14.1. The van der Waals surface area contributed by atoms with Gasteiger partial charge in [0.1, 0.15) is 0 Å². The maximum atomic E-state index is 13.1. The molecule has 2 aromatic carbocycles. The molecule has 2 heterocycles. The van der Waals surface area contributed by atoms with Crippen LogP contribution in [-0.4, -0.2) is 56.2 Å². The number of rotatable bonds is 6. The number of piperazine rings is 1. The number of hydrogen-bond acceptors (Lipinski definition) is 6. The highest BCUT2D eigenvalue weighted by atomic mass is 35.5. The molecule has 176 valence electrons. The molecule has 0 aliphatic carbocycles. The molecule has 8 nitrogen and oxygen atoms in total. The Hall–Kier alpha value is -3.43. The van der Waals surface area contributed by atoms with Crippen LogP contribution in [0.3, 0.4) is 0 Å². The minimum absolute atomic E-state index is 0.0520. The second-order valence-electron chi connectivity index (χ2n) is 7.85. The SMILES string of the molecule is CC(=O)N1CCN(c2ccc(S(=O)(=O)Nc3ccc(Cl)cc3C(=O)c3ccncc3)cc2)CC1. The summed E-state index contributed by atoms with van der Waals surface area (Å²) in [5, 5.41) is 0.314. The zero-order valence-electron chi connectivity index (χ0n) is 18.4. The van der Waals surface area contributed by atoms with Gasteiger partial charge in [0, 0.05) is 67.3 Å². The van der Waals surface area contributed by atoms with Crippen LogP contribution in [0.4, 0.5) is 11.4 Å². The number of amides is 1. The summed E-state index contributed by atoms with van der Waals surface area (Å²) in [4.78, 5) is 32.4. The topological polar surface area (TPSA) is 99.7 Å². The number of nitrogens with zero attached hydrogens (tertiary/aromatic N) is 3. The van der Waals surface area contributed by atoms with Gasteiger partial charge in [-0.05, 0) is 54.6 Å². The first kappa shape index (κ1) is 23.7. The Bertz CT molecular complexity index is 1310. The van der Waals surface area contributed by atoms with Crippen molar-refractivity contribution in [1.29, 1.82) is 0 Å². The Morgan fingerprint density at radius 1 is 0.941 bits per heavy atom. The molecule has 0 unspecified atom stereocenters. The third-order valence-corrected chi connectivity index (χ3v) is 7.27. The van der Waals surface area contributed by atoms with Crippen LogP contribution >= 0.6 is 11.6 Å². The number of pyridine rings is 1. The number of hydrogen-bond donors (Lipinski definition) is 1. The second-order valence-corrected chi connectivity index (χ2v) is 9.97. The van der Waals surface area contributed by atoms with Gasteiger partial charge in [0.05, 0.1) is 10.6 Å². The molecule has 0 radical (unpaired) electrons. The second kappa shape index (κ2) is 9.82. The lowest BCUT2D eigenvalue weighted by molar-refractivity contribution is -0.129. The number of nitrogens with one attached hydrogen (secondary N) is 1. The molecule has 1 N–H and O–H groups in total. The molecule has 4 rings (SSSR count). The number of carbonyl (C=O) groups excluding carboxylic acids is 2. The van der Waals surface area contributed by atoms with Crippen molar-refractivity contribution in [3.05, 3.63) is 83.1 Å². The van der Waals surface area contributed by atoms with Crippen LogP contribution in [0.5, 0.6) is 0 Å². The highest BCUT2D eigenvalue weighted by Crippen LogP contribution is 2.27. The van der Waals surface area contributed by atoms with E-state index in [-0.39, 0.29) is 27.8 Å². The number of anilines is 2. The number of halogens is 1. The molecule has 1 fully saturated rings. The van der Waals surface area contributed by atoms with Crippen LogP contribution in [0.15, 0.2) is 71.9 Å². The van der Waals surface area contributed by atoms with Crippen molar-refractivity contribution in [2.24, 2.45) is 0 Å². The van der Waals surface area contributed by atoms with E-state index in [2.05, 4.69) is 14.6 Å². The fraction of sp³-hybridized carbons (Fsp3) is 0.208. The number of benzene rings is 2. The molecular weight excluding hydrogens is 476 g/mol. The van der Waals surface area contributed by atoms with Gasteiger partial charge in [-0.15, -0.1) is 0 Å². The zero-order valence-corrected chi connectivity index (χ0v) is 20.0. The number of sulfonamides is 1. The summed E-state index contributed by atoms with van der Waals surface area (Å²) >= 11 is 6.09. The molecular formula is C24H23ClN4O4S. The Kier molecular flexibility index (Phi) is 6.85. The van der Waals surface area contributed by atoms with E-state index in [1.807, 2.05) is 0 Å². The van der Waals surface area contributed by atoms with E-state index in [1.165, 1.54) is 42.7 Å². The molecule has 1 amide bonds. The molecule has 0 bridgehead atoms. The Balaban J connectivity index is 1.54. The fourth-order valence-electron chi connectivity index (χ4n) is 3.77. The van der Waals surface area contributed by atoms with Gasteiger partial charge < -0.3 is 9.80 Å². The molecule has 0 atom stereocenters. The quantitative estimate of drug-likeness (QED) is 0.523. The van der Waals surface area contributed by atoms with Crippen molar-refractivity contribution >= 4 is 44.7 Å². The van der Waals surface area contributed by atoms with E-state index >= 15 is 0 Å². The van der Waals surface area contributed by atoms with Gasteiger partial charge in [-0.2, -0.15) is 0 Å². The van der Waals surface area contributed by atoms with E-state index in [0.717, 1.165) is 5.69 Å². The lowest BCUT2D eigenvalue weighted by atomic mass is 10.0. The number of ketones is 1. The molecule has 1 aromatic heterocycles. The van der Waals surface area contributed by atoms with Crippen molar-refractivity contribution in [2.45, 2.75) is 11.8 Å². The van der Waals surface area contributed by atoms with Crippen molar-refractivity contribution in [3.8, 4) is 0 Å². The molecule has 1 aliphatic heterocycles. The van der Waals surface area contributed by atoms with E-state index < -0.39 is 10.0 Å². The van der Waals surface area contributed by atoms with Crippen molar-refractivity contribution in [2.75, 3.05) is 35.8 Å². The molecule has 34 heavy (non-hydrogen) atoms. The van der Waals surface area contributed by atoms with Crippen LogP contribution in [0.2, 0.25) is 5.02 Å². The average molecular weight is 499 g/mol. The van der Waals surface area contributed by atoms with E-state index in [0.29, 0.717) is 36.8 Å². The third-order valence-electron chi connectivity index (χ3n) is 5.65. The van der Waals surface area contributed by atoms with E-state index in [1.54, 1.807) is 36.1 Å². The maximum absolute atomic E-state index is 13.1. The number of aromatic nitrogens is 1. The third kappa shape index (κ3) is 5.21. The fourth-order valence-corrected chi connectivity index (χ4v) is 5.02. The molecule has 3 aromatic rings. The summed E-state index contributed by atoms with van der Waals surface area (Å²) in [7, 11) is -3.96. The van der Waals surface area contributed by atoms with Crippen molar-refractivity contribution < 1.29 is 18.0 Å². The van der Waals surface area contributed by atoms with Gasteiger partial charge >= 0.3 is 0 Å². The van der Waals surface area contributed by atoms with Gasteiger partial charge in [0.2, 0.25) is 5.91 Å². The lowest BCUT2D eigenvalue weighted by Crippen LogP contribution is -2.48. The normalized spacial score (nSPS) is 14.1. The van der Waals surface area contributed by atoms with Gasteiger partial charge in [0.15, 0.2) is 5.78 Å².